The molecule has 0 fully saturated rings. The number of likely N-dealkylation sites (N-methyl/N-ethyl adjacent to an activating group) is 1. The number of sulfone groups is 1. The van der Waals surface area contributed by atoms with Gasteiger partial charge in [-0.1, -0.05) is 6.07 Å². The highest BCUT2D eigenvalue weighted by Crippen LogP contribution is 2.28. The Labute approximate surface area is 177 Å². The summed E-state index contributed by atoms with van der Waals surface area (Å²) in [6.45, 7) is 1.24. The van der Waals surface area contributed by atoms with Crippen LogP contribution in [-0.4, -0.2) is 66.4 Å². The van der Waals surface area contributed by atoms with Gasteiger partial charge in [-0.25, -0.2) is 8.42 Å². The molecule has 9 heteroatoms. The molecule has 1 amide bonds. The Morgan fingerprint density at radius 3 is 2.50 bits per heavy atom. The van der Waals surface area contributed by atoms with E-state index in [-0.39, 0.29) is 17.3 Å². The highest BCUT2D eigenvalue weighted by molar-refractivity contribution is 7.90. The maximum Gasteiger partial charge on any atom is 0.238 e. The van der Waals surface area contributed by atoms with Crippen molar-refractivity contribution < 1.29 is 27.4 Å². The average Bonchev–Trinajstić information content (AvgIpc) is 2.70. The first kappa shape index (κ1) is 23.5. The molecule has 2 rings (SSSR count). The van der Waals surface area contributed by atoms with Crippen molar-refractivity contribution in [2.75, 3.05) is 52.5 Å². The molecular weight excluding hydrogens is 408 g/mol. The molecular formula is C21H28N2O6S. The Hall–Kier alpha value is -2.78. The van der Waals surface area contributed by atoms with Crippen LogP contribution in [0.4, 0.5) is 5.69 Å². The lowest BCUT2D eigenvalue weighted by Gasteiger charge is -2.17. The second kappa shape index (κ2) is 10.8. The molecule has 0 aliphatic rings. The zero-order chi connectivity index (χ0) is 22.1. The highest BCUT2D eigenvalue weighted by Gasteiger charge is 2.12. The topological polar surface area (TPSA) is 94.2 Å². The minimum atomic E-state index is -3.27. The molecule has 1 N–H and O–H groups in total. The second-order valence-corrected chi connectivity index (χ2v) is 8.82. The fourth-order valence-corrected chi connectivity index (χ4v) is 3.40. The van der Waals surface area contributed by atoms with Crippen molar-refractivity contribution in [2.45, 2.75) is 11.3 Å². The summed E-state index contributed by atoms with van der Waals surface area (Å²) in [5.74, 6) is 1.50. The number of rotatable bonds is 11. The largest absolute Gasteiger partial charge is 0.497 e. The Bertz CT molecular complexity index is 962. The van der Waals surface area contributed by atoms with Crippen LogP contribution in [0.5, 0.6) is 17.2 Å². The molecule has 0 aromatic heterocycles. The van der Waals surface area contributed by atoms with Crippen LogP contribution in [0.25, 0.3) is 0 Å². The van der Waals surface area contributed by atoms with E-state index in [1.165, 1.54) is 19.2 Å². The van der Waals surface area contributed by atoms with Gasteiger partial charge in [0.05, 0.1) is 38.0 Å². The quantitative estimate of drug-likeness (QED) is 0.541. The lowest BCUT2D eigenvalue weighted by molar-refractivity contribution is -0.117. The van der Waals surface area contributed by atoms with Gasteiger partial charge >= 0.3 is 0 Å². The molecule has 0 spiro atoms. The molecule has 0 radical (unpaired) electrons. The van der Waals surface area contributed by atoms with Gasteiger partial charge in [0, 0.05) is 18.9 Å². The molecule has 0 saturated carbocycles. The summed E-state index contributed by atoms with van der Waals surface area (Å²) < 4.78 is 39.3. The van der Waals surface area contributed by atoms with Gasteiger partial charge in [0.2, 0.25) is 5.91 Å². The van der Waals surface area contributed by atoms with Gasteiger partial charge in [0.1, 0.15) is 17.2 Å². The van der Waals surface area contributed by atoms with E-state index in [0.29, 0.717) is 42.5 Å². The Morgan fingerprint density at radius 2 is 1.83 bits per heavy atom. The van der Waals surface area contributed by atoms with Gasteiger partial charge < -0.3 is 19.5 Å². The molecule has 0 saturated heterocycles. The normalized spacial score (nSPS) is 11.2. The molecule has 0 bridgehead atoms. The number of anilines is 1. The van der Waals surface area contributed by atoms with E-state index < -0.39 is 9.84 Å². The minimum absolute atomic E-state index is 0.175. The number of amides is 1. The van der Waals surface area contributed by atoms with Gasteiger partial charge in [-0.05, 0) is 43.8 Å². The van der Waals surface area contributed by atoms with Crippen LogP contribution in [0.2, 0.25) is 0 Å². The van der Waals surface area contributed by atoms with E-state index in [0.717, 1.165) is 6.26 Å². The van der Waals surface area contributed by atoms with Gasteiger partial charge in [0.25, 0.3) is 0 Å². The summed E-state index contributed by atoms with van der Waals surface area (Å²) in [6, 6.07) is 11.6. The number of carbonyl (C=O) groups is 1. The molecule has 2 aromatic carbocycles. The summed E-state index contributed by atoms with van der Waals surface area (Å²) in [4.78, 5) is 14.4. The number of benzene rings is 2. The van der Waals surface area contributed by atoms with Crippen LogP contribution in [0.1, 0.15) is 6.42 Å². The summed E-state index contributed by atoms with van der Waals surface area (Å²) >= 11 is 0. The number of carbonyl (C=O) groups excluding carboxylic acids is 1. The van der Waals surface area contributed by atoms with Crippen molar-refractivity contribution in [3.8, 4) is 17.2 Å². The Balaban J connectivity index is 1.78. The standard InChI is InChI=1S/C21H28N2O6S/c1-23(11-6-12-29-17-7-5-8-18(13-17)30(4,25)26)15-21(24)22-19-14-16(27-2)9-10-20(19)28-3/h5,7-10,13-14H,6,11-12,15H2,1-4H3,(H,22,24). The summed E-state index contributed by atoms with van der Waals surface area (Å²) in [5, 5.41) is 2.83. The molecule has 0 atom stereocenters. The van der Waals surface area contributed by atoms with Crippen molar-refractivity contribution in [2.24, 2.45) is 0 Å². The molecule has 164 valence electrons. The van der Waals surface area contributed by atoms with E-state index in [1.807, 2.05) is 11.9 Å². The third-order valence-electron chi connectivity index (χ3n) is 4.28. The summed E-state index contributed by atoms with van der Waals surface area (Å²) in [5.41, 5.74) is 0.546. The van der Waals surface area contributed by atoms with E-state index >= 15 is 0 Å². The average molecular weight is 437 g/mol. The van der Waals surface area contributed by atoms with Crippen molar-refractivity contribution >= 4 is 21.4 Å². The molecule has 2 aromatic rings. The van der Waals surface area contributed by atoms with Crippen molar-refractivity contribution in [3.63, 3.8) is 0 Å². The lowest BCUT2D eigenvalue weighted by Crippen LogP contribution is -2.31. The van der Waals surface area contributed by atoms with Crippen LogP contribution in [-0.2, 0) is 14.6 Å². The minimum Gasteiger partial charge on any atom is -0.497 e. The summed E-state index contributed by atoms with van der Waals surface area (Å²) in [7, 11) is 1.67. The Morgan fingerprint density at radius 1 is 1.07 bits per heavy atom. The first-order valence-electron chi connectivity index (χ1n) is 9.36. The van der Waals surface area contributed by atoms with E-state index in [2.05, 4.69) is 5.32 Å². The van der Waals surface area contributed by atoms with E-state index in [4.69, 9.17) is 14.2 Å². The molecule has 0 unspecified atom stereocenters. The van der Waals surface area contributed by atoms with Crippen molar-refractivity contribution in [3.05, 3.63) is 42.5 Å². The fourth-order valence-electron chi connectivity index (χ4n) is 2.74. The number of ether oxygens (including phenoxy) is 3. The van der Waals surface area contributed by atoms with E-state index in [1.54, 1.807) is 37.4 Å². The maximum atomic E-state index is 12.3. The van der Waals surface area contributed by atoms with Crippen molar-refractivity contribution in [1.29, 1.82) is 0 Å². The third kappa shape index (κ3) is 7.23. The van der Waals surface area contributed by atoms with Crippen LogP contribution in [0.15, 0.2) is 47.4 Å². The molecule has 30 heavy (non-hydrogen) atoms. The molecule has 0 heterocycles. The van der Waals surface area contributed by atoms with E-state index in [9.17, 15) is 13.2 Å². The smallest absolute Gasteiger partial charge is 0.238 e. The lowest BCUT2D eigenvalue weighted by atomic mass is 10.2. The van der Waals surface area contributed by atoms with Gasteiger partial charge in [-0.2, -0.15) is 0 Å². The van der Waals surface area contributed by atoms with Gasteiger partial charge in [-0.15, -0.1) is 0 Å². The number of nitrogens with zero attached hydrogens (tertiary/aromatic N) is 1. The Kier molecular flexibility index (Phi) is 8.49. The van der Waals surface area contributed by atoms with Gasteiger partial charge in [0.15, 0.2) is 9.84 Å². The zero-order valence-electron chi connectivity index (χ0n) is 17.7. The monoisotopic (exact) mass is 436 g/mol. The predicted octanol–water partition coefficient (Wildman–Crippen LogP) is 2.45. The fraction of sp³-hybridized carbons (Fsp3) is 0.381. The van der Waals surface area contributed by atoms with Crippen LogP contribution < -0.4 is 19.5 Å². The summed E-state index contributed by atoms with van der Waals surface area (Å²) in [6.07, 6.45) is 1.84. The predicted molar refractivity (Wildman–Crippen MR) is 115 cm³/mol. The molecule has 8 nitrogen and oxygen atoms in total. The SMILES string of the molecule is COc1ccc(OC)c(NC(=O)CN(C)CCCOc2cccc(S(C)(=O)=O)c2)c1. The highest BCUT2D eigenvalue weighted by atomic mass is 32.2. The third-order valence-corrected chi connectivity index (χ3v) is 5.39. The van der Waals surface area contributed by atoms with Crippen LogP contribution >= 0.6 is 0 Å². The van der Waals surface area contributed by atoms with Crippen molar-refractivity contribution in [1.82, 2.24) is 4.90 Å². The second-order valence-electron chi connectivity index (χ2n) is 6.80. The van der Waals surface area contributed by atoms with Gasteiger partial charge in [-0.3, -0.25) is 9.69 Å². The molecule has 0 aliphatic carbocycles. The first-order chi connectivity index (χ1) is 14.2. The maximum absolute atomic E-state index is 12.3. The molecule has 0 aliphatic heterocycles. The van der Waals surface area contributed by atoms with Crippen LogP contribution in [0.3, 0.4) is 0 Å². The first-order valence-corrected chi connectivity index (χ1v) is 11.3. The number of hydrogen-bond acceptors (Lipinski definition) is 7. The number of nitrogens with one attached hydrogen (secondary N) is 1. The number of methoxy groups -OCH3 is 2. The number of hydrogen-bond donors (Lipinski definition) is 1. The zero-order valence-corrected chi connectivity index (χ0v) is 18.5. The van der Waals surface area contributed by atoms with Crippen LogP contribution in [0, 0.1) is 0 Å².